The Morgan fingerprint density at radius 1 is 1.17 bits per heavy atom. The van der Waals surface area contributed by atoms with Crippen LogP contribution in [0.2, 0.25) is 5.02 Å². The number of ether oxygens (including phenoxy) is 1. The maximum Gasteiger partial charge on any atom is 0.155 e. The summed E-state index contributed by atoms with van der Waals surface area (Å²) in [6, 6.07) is 12.9. The van der Waals surface area contributed by atoms with Gasteiger partial charge >= 0.3 is 0 Å². The first-order valence-corrected chi connectivity index (χ1v) is 7.94. The maximum absolute atomic E-state index is 9.46. The normalized spacial score (nSPS) is 10.6. The third-order valence-electron chi connectivity index (χ3n) is 3.93. The topological polar surface area (TPSA) is 53.2 Å². The summed E-state index contributed by atoms with van der Waals surface area (Å²) in [5, 5.41) is 19.3. The minimum atomic E-state index is -0.355. The third kappa shape index (κ3) is 4.01. The third-order valence-corrected chi connectivity index (χ3v) is 4.21. The second kappa shape index (κ2) is 8.08. The lowest BCUT2D eigenvalue weighted by molar-refractivity contribution is 0.316. The molecule has 0 spiro atoms. The summed E-state index contributed by atoms with van der Waals surface area (Å²) >= 11 is 6.35. The van der Waals surface area contributed by atoms with Crippen molar-refractivity contribution in [3.8, 4) is 17.6 Å². The van der Waals surface area contributed by atoms with Crippen LogP contribution in [-0.4, -0.2) is 11.7 Å². The van der Waals surface area contributed by atoms with Gasteiger partial charge in [0.2, 0.25) is 0 Å². The summed E-state index contributed by atoms with van der Waals surface area (Å²) in [5.41, 5.74) is 2.03. The van der Waals surface area contributed by atoms with Gasteiger partial charge in [-0.2, -0.15) is 5.26 Å². The Balaban J connectivity index is 0.00000288. The lowest BCUT2D eigenvalue weighted by atomic mass is 9.77. The Bertz CT molecular complexity index is 731. The number of rotatable bonds is 5. The predicted molar refractivity (Wildman–Crippen MR) is 98.9 cm³/mol. The first kappa shape index (κ1) is 19.9. The van der Waals surface area contributed by atoms with Crippen molar-refractivity contribution in [2.24, 2.45) is 0 Å². The molecule has 0 saturated heterocycles. The van der Waals surface area contributed by atoms with E-state index in [1.807, 2.05) is 31.2 Å². The average molecular weight is 346 g/mol. The molecule has 0 aromatic heterocycles. The van der Waals surface area contributed by atoms with Gasteiger partial charge in [0.25, 0.3) is 0 Å². The van der Waals surface area contributed by atoms with Crippen LogP contribution in [-0.2, 0) is 5.41 Å². The van der Waals surface area contributed by atoms with Crippen LogP contribution in [0.4, 0.5) is 0 Å². The number of hydrogen-bond acceptors (Lipinski definition) is 3. The average Bonchev–Trinajstić information content (AvgIpc) is 2.53. The molecular formula is C20H24ClNO2. The second-order valence-corrected chi connectivity index (χ2v) is 6.37. The van der Waals surface area contributed by atoms with Gasteiger partial charge in [0.15, 0.2) is 5.75 Å². The number of phenolic OH excluding ortho intramolecular Hbond substituents is 1. The minimum Gasteiger partial charge on any atom is -0.508 e. The van der Waals surface area contributed by atoms with E-state index in [1.54, 1.807) is 12.1 Å². The number of nitriles is 1. The molecule has 0 amide bonds. The maximum atomic E-state index is 9.46. The quantitative estimate of drug-likeness (QED) is 0.759. The van der Waals surface area contributed by atoms with E-state index in [1.165, 1.54) is 0 Å². The van der Waals surface area contributed by atoms with Crippen molar-refractivity contribution >= 4 is 11.6 Å². The van der Waals surface area contributed by atoms with Gasteiger partial charge < -0.3 is 9.84 Å². The number of hydrogen-bond donors (Lipinski definition) is 1. The Hall–Kier alpha value is -2.18. The van der Waals surface area contributed by atoms with E-state index in [-0.39, 0.29) is 18.6 Å². The Labute approximate surface area is 149 Å². The van der Waals surface area contributed by atoms with Gasteiger partial charge in [-0.25, -0.2) is 0 Å². The highest BCUT2D eigenvalue weighted by Gasteiger charge is 2.25. The fourth-order valence-electron chi connectivity index (χ4n) is 2.43. The van der Waals surface area contributed by atoms with Crippen LogP contribution < -0.4 is 4.74 Å². The molecule has 0 atom stereocenters. The number of nitrogens with zero attached hydrogens (tertiary/aromatic N) is 1. The van der Waals surface area contributed by atoms with E-state index in [9.17, 15) is 10.4 Å². The zero-order valence-corrected chi connectivity index (χ0v) is 14.3. The van der Waals surface area contributed by atoms with E-state index in [4.69, 9.17) is 16.3 Å². The van der Waals surface area contributed by atoms with Crippen LogP contribution in [0, 0.1) is 11.3 Å². The van der Waals surface area contributed by atoms with Gasteiger partial charge in [-0.15, -0.1) is 0 Å². The highest BCUT2D eigenvalue weighted by atomic mass is 35.5. The number of aromatic hydroxyl groups is 1. The molecular weight excluding hydrogens is 322 g/mol. The van der Waals surface area contributed by atoms with Crippen molar-refractivity contribution in [2.45, 2.75) is 40.0 Å². The van der Waals surface area contributed by atoms with Crippen molar-refractivity contribution in [3.05, 3.63) is 58.1 Å². The molecule has 0 aliphatic heterocycles. The van der Waals surface area contributed by atoms with E-state index in [2.05, 4.69) is 19.9 Å². The molecule has 2 rings (SSSR count). The number of phenols is 1. The molecule has 0 radical (unpaired) electrons. The summed E-state index contributed by atoms with van der Waals surface area (Å²) in [6.07, 6.45) is 0.849. The largest absolute Gasteiger partial charge is 0.508 e. The van der Waals surface area contributed by atoms with E-state index in [0.717, 1.165) is 17.5 Å². The molecule has 24 heavy (non-hydrogen) atoms. The van der Waals surface area contributed by atoms with Crippen molar-refractivity contribution in [1.82, 2.24) is 0 Å². The summed E-state index contributed by atoms with van der Waals surface area (Å²) < 4.78 is 5.61. The Morgan fingerprint density at radius 2 is 1.79 bits per heavy atom. The molecule has 1 N–H and O–H groups in total. The molecule has 2 aromatic rings. The van der Waals surface area contributed by atoms with Crippen molar-refractivity contribution in [2.75, 3.05) is 6.61 Å². The highest BCUT2D eigenvalue weighted by Crippen LogP contribution is 2.38. The predicted octanol–water partition coefficient (Wildman–Crippen LogP) is 5.67. The van der Waals surface area contributed by atoms with Crippen LogP contribution in [0.1, 0.15) is 51.3 Å². The molecule has 2 aromatic carbocycles. The van der Waals surface area contributed by atoms with E-state index in [0.29, 0.717) is 22.9 Å². The monoisotopic (exact) mass is 345 g/mol. The second-order valence-electron chi connectivity index (χ2n) is 5.97. The fourth-order valence-corrected chi connectivity index (χ4v) is 2.71. The first-order chi connectivity index (χ1) is 10.9. The Morgan fingerprint density at radius 3 is 2.33 bits per heavy atom. The van der Waals surface area contributed by atoms with Gasteiger partial charge in [0.05, 0.1) is 17.2 Å². The van der Waals surface area contributed by atoms with Crippen LogP contribution in [0.25, 0.3) is 0 Å². The smallest absolute Gasteiger partial charge is 0.155 e. The summed E-state index contributed by atoms with van der Waals surface area (Å²) in [7, 11) is 0. The molecule has 0 bridgehead atoms. The van der Waals surface area contributed by atoms with Gasteiger partial charge in [-0.3, -0.25) is 0 Å². The van der Waals surface area contributed by atoms with Gasteiger partial charge in [-0.05, 0) is 41.8 Å². The molecule has 0 aliphatic carbocycles. The lowest BCUT2D eigenvalue weighted by Crippen LogP contribution is -2.19. The van der Waals surface area contributed by atoms with E-state index < -0.39 is 0 Å². The van der Waals surface area contributed by atoms with Crippen molar-refractivity contribution < 1.29 is 9.84 Å². The molecule has 3 nitrogen and oxygen atoms in total. The summed E-state index contributed by atoms with van der Waals surface area (Å²) in [5.74, 6) is 0.671. The fraction of sp³-hybridized carbons (Fsp3) is 0.350. The molecule has 4 heteroatoms. The van der Waals surface area contributed by atoms with Gasteiger partial charge in [0, 0.05) is 5.41 Å². The molecule has 128 valence electrons. The van der Waals surface area contributed by atoms with Crippen LogP contribution >= 0.6 is 11.6 Å². The zero-order valence-electron chi connectivity index (χ0n) is 13.6. The molecule has 0 unspecified atom stereocenters. The van der Waals surface area contributed by atoms with Crippen LogP contribution in [0.3, 0.4) is 0 Å². The number of halogens is 1. The molecule has 0 heterocycles. The molecule has 0 fully saturated rings. The van der Waals surface area contributed by atoms with E-state index >= 15 is 0 Å². The highest BCUT2D eigenvalue weighted by molar-refractivity contribution is 6.32. The lowest BCUT2D eigenvalue weighted by Gasteiger charge is -2.27. The standard InChI is InChI=1S/C19H20ClNO2.CH4/c1-4-9-23-18-13(12-21)10-15(11-17(18)20)19(2,3)14-5-7-16(22)8-6-14;/h5-8,10-11,22H,4,9H2,1-3H3;1H4. The zero-order chi connectivity index (χ0) is 17.0. The first-order valence-electron chi connectivity index (χ1n) is 7.56. The van der Waals surface area contributed by atoms with Gasteiger partial charge in [0.1, 0.15) is 11.8 Å². The van der Waals surface area contributed by atoms with Crippen molar-refractivity contribution in [3.63, 3.8) is 0 Å². The molecule has 0 saturated carbocycles. The van der Waals surface area contributed by atoms with Crippen LogP contribution in [0.5, 0.6) is 11.5 Å². The minimum absolute atomic E-state index is 0. The Kier molecular flexibility index (Phi) is 6.69. The number of benzene rings is 2. The van der Waals surface area contributed by atoms with Gasteiger partial charge in [-0.1, -0.05) is 51.9 Å². The SMILES string of the molecule is C.CCCOc1c(Cl)cc(C(C)(C)c2ccc(O)cc2)cc1C#N. The summed E-state index contributed by atoms with van der Waals surface area (Å²) in [6.45, 7) is 6.63. The van der Waals surface area contributed by atoms with Crippen molar-refractivity contribution in [1.29, 1.82) is 5.26 Å². The summed E-state index contributed by atoms with van der Waals surface area (Å²) in [4.78, 5) is 0. The molecule has 0 aliphatic rings. The van der Waals surface area contributed by atoms with Crippen LogP contribution in [0.15, 0.2) is 36.4 Å².